The van der Waals surface area contributed by atoms with Crippen LogP contribution in [-0.4, -0.2) is 11.7 Å². The number of aliphatic hydroxyl groups is 1. The highest BCUT2D eigenvalue weighted by Gasteiger charge is 2.08. The smallest absolute Gasteiger partial charge is 0.101 e. The largest absolute Gasteiger partial charge is 0.395 e. The first-order valence-corrected chi connectivity index (χ1v) is 4.11. The van der Waals surface area contributed by atoms with Crippen molar-refractivity contribution in [3.63, 3.8) is 0 Å². The Balaban J connectivity index is 3.17. The van der Waals surface area contributed by atoms with Crippen molar-refractivity contribution in [1.82, 2.24) is 0 Å². The fourth-order valence-corrected chi connectivity index (χ4v) is 1.09. The van der Waals surface area contributed by atoms with E-state index < -0.39 is 0 Å². The fourth-order valence-electron chi connectivity index (χ4n) is 1.09. The van der Waals surface area contributed by atoms with Gasteiger partial charge in [-0.15, -0.1) is 0 Å². The minimum Gasteiger partial charge on any atom is -0.395 e. The predicted octanol–water partition coefficient (Wildman–Crippen LogP) is 1.36. The molecule has 3 heteroatoms. The van der Waals surface area contributed by atoms with Gasteiger partial charge in [0, 0.05) is 5.92 Å². The number of hydrogen-bond acceptors (Lipinski definition) is 3. The average molecular weight is 185 g/mol. The van der Waals surface area contributed by atoms with Gasteiger partial charge in [0.2, 0.25) is 0 Å². The van der Waals surface area contributed by atoms with E-state index in [-0.39, 0.29) is 6.61 Å². The van der Waals surface area contributed by atoms with E-state index in [1.165, 1.54) is 0 Å². The summed E-state index contributed by atoms with van der Waals surface area (Å²) in [6, 6.07) is 8.82. The van der Waals surface area contributed by atoms with E-state index in [9.17, 15) is 0 Å². The predicted molar refractivity (Wildman–Crippen MR) is 51.0 cm³/mol. The molecule has 0 aliphatic heterocycles. The maximum absolute atomic E-state index is 8.89. The third-order valence-electron chi connectivity index (χ3n) is 1.99. The first-order chi connectivity index (χ1) is 6.72. The normalized spacial score (nSPS) is 9.50. The molecule has 0 amide bonds. The van der Waals surface area contributed by atoms with Crippen LogP contribution in [0.3, 0.4) is 0 Å². The number of aliphatic hydroxyl groups excluding tert-OH is 1. The Morgan fingerprint density at radius 1 is 1.29 bits per heavy atom. The van der Waals surface area contributed by atoms with Gasteiger partial charge < -0.3 is 5.11 Å². The van der Waals surface area contributed by atoms with E-state index in [2.05, 4.69) is 0 Å². The van der Waals surface area contributed by atoms with Crippen LogP contribution in [-0.2, 0) is 0 Å². The van der Waals surface area contributed by atoms with Gasteiger partial charge in [0.25, 0.3) is 0 Å². The molecular weight excluding hydrogens is 176 g/mol. The van der Waals surface area contributed by atoms with Crippen molar-refractivity contribution in [2.45, 2.75) is 6.92 Å². The van der Waals surface area contributed by atoms with E-state index in [0.29, 0.717) is 11.1 Å². The molecule has 3 nitrogen and oxygen atoms in total. The van der Waals surface area contributed by atoms with Gasteiger partial charge in [0.1, 0.15) is 12.1 Å². The lowest BCUT2D eigenvalue weighted by atomic mass is 9.97. The van der Waals surface area contributed by atoms with Crippen LogP contribution in [0, 0.1) is 28.6 Å². The molecular formula is C11H9N2O. The number of nitrogens with zero attached hydrogens (tertiary/aromatic N) is 2. The summed E-state index contributed by atoms with van der Waals surface area (Å²) in [5, 5.41) is 26.3. The van der Waals surface area contributed by atoms with Crippen molar-refractivity contribution < 1.29 is 5.11 Å². The molecule has 0 atom stereocenters. The summed E-state index contributed by atoms with van der Waals surface area (Å²) in [6.07, 6.45) is 0. The van der Waals surface area contributed by atoms with E-state index in [1.807, 2.05) is 12.1 Å². The molecule has 0 heterocycles. The standard InChI is InChI=1S/C11H9N2O/c1-8(7-14)9-2-3-10(5-12)11(4-9)6-13/h2-4,14H,7H2,1H3. The van der Waals surface area contributed by atoms with Crippen LogP contribution in [0.2, 0.25) is 0 Å². The Labute approximate surface area is 82.8 Å². The maximum Gasteiger partial charge on any atom is 0.101 e. The summed E-state index contributed by atoms with van der Waals surface area (Å²) in [6.45, 7) is 1.74. The van der Waals surface area contributed by atoms with Crippen molar-refractivity contribution in [3.05, 3.63) is 40.8 Å². The summed E-state index contributed by atoms with van der Waals surface area (Å²) >= 11 is 0. The van der Waals surface area contributed by atoms with Gasteiger partial charge in [0.05, 0.1) is 17.7 Å². The second kappa shape index (κ2) is 4.41. The molecule has 1 N–H and O–H groups in total. The first kappa shape index (κ1) is 10.2. The van der Waals surface area contributed by atoms with Gasteiger partial charge in [0.15, 0.2) is 0 Å². The molecule has 0 unspecified atom stereocenters. The zero-order valence-electron chi connectivity index (χ0n) is 7.78. The molecule has 0 aromatic heterocycles. The molecule has 0 saturated carbocycles. The summed E-state index contributed by atoms with van der Waals surface area (Å²) in [7, 11) is 0. The molecule has 1 rings (SSSR count). The molecule has 69 valence electrons. The summed E-state index contributed by atoms with van der Waals surface area (Å²) in [5.74, 6) is 0.783. The second-order valence-electron chi connectivity index (χ2n) is 2.92. The van der Waals surface area contributed by atoms with Gasteiger partial charge in [-0.2, -0.15) is 10.5 Å². The zero-order chi connectivity index (χ0) is 10.6. The Hall–Kier alpha value is -1.84. The lowest BCUT2D eigenvalue weighted by molar-refractivity contribution is 0.315. The number of hydrogen-bond donors (Lipinski definition) is 1. The number of rotatable bonds is 2. The second-order valence-corrected chi connectivity index (χ2v) is 2.92. The molecule has 0 spiro atoms. The molecule has 0 bridgehead atoms. The lowest BCUT2D eigenvalue weighted by Crippen LogP contribution is -2.00. The summed E-state index contributed by atoms with van der Waals surface area (Å²) in [5.41, 5.74) is 1.50. The first-order valence-electron chi connectivity index (χ1n) is 4.11. The van der Waals surface area contributed by atoms with Gasteiger partial charge in [-0.05, 0) is 17.7 Å². The van der Waals surface area contributed by atoms with Crippen LogP contribution in [0.1, 0.15) is 23.6 Å². The summed E-state index contributed by atoms with van der Waals surface area (Å²) < 4.78 is 0. The maximum atomic E-state index is 8.89. The van der Waals surface area contributed by atoms with Crippen LogP contribution < -0.4 is 0 Å². The number of nitriles is 2. The minimum atomic E-state index is -0.0449. The molecule has 0 saturated heterocycles. The van der Waals surface area contributed by atoms with Gasteiger partial charge in [-0.25, -0.2) is 0 Å². The molecule has 1 radical (unpaired) electrons. The third kappa shape index (κ3) is 1.90. The molecule has 0 aliphatic rings. The monoisotopic (exact) mass is 185 g/mol. The average Bonchev–Trinajstić information content (AvgIpc) is 2.26. The van der Waals surface area contributed by atoms with Crippen molar-refractivity contribution >= 4 is 0 Å². The Kier molecular flexibility index (Phi) is 3.23. The SMILES string of the molecule is C[C](CO)c1ccc(C#N)c(C#N)c1. The van der Waals surface area contributed by atoms with Crippen molar-refractivity contribution in [2.24, 2.45) is 0 Å². The molecule has 0 fully saturated rings. The molecule has 1 aromatic carbocycles. The fraction of sp³-hybridized carbons (Fsp3) is 0.182. The molecule has 14 heavy (non-hydrogen) atoms. The summed E-state index contributed by atoms with van der Waals surface area (Å²) in [4.78, 5) is 0. The van der Waals surface area contributed by atoms with Crippen LogP contribution in [0.25, 0.3) is 0 Å². The van der Waals surface area contributed by atoms with Crippen LogP contribution >= 0.6 is 0 Å². The van der Waals surface area contributed by atoms with Crippen LogP contribution in [0.4, 0.5) is 0 Å². The topological polar surface area (TPSA) is 67.8 Å². The quantitative estimate of drug-likeness (QED) is 0.756. The Morgan fingerprint density at radius 3 is 2.43 bits per heavy atom. The van der Waals surface area contributed by atoms with E-state index in [0.717, 1.165) is 11.5 Å². The van der Waals surface area contributed by atoms with Gasteiger partial charge in [-0.1, -0.05) is 13.0 Å². The number of benzene rings is 1. The van der Waals surface area contributed by atoms with Gasteiger partial charge in [-0.3, -0.25) is 0 Å². The van der Waals surface area contributed by atoms with Crippen molar-refractivity contribution in [1.29, 1.82) is 10.5 Å². The van der Waals surface area contributed by atoms with Crippen molar-refractivity contribution in [2.75, 3.05) is 6.61 Å². The molecule has 0 aliphatic carbocycles. The van der Waals surface area contributed by atoms with Gasteiger partial charge >= 0.3 is 0 Å². The van der Waals surface area contributed by atoms with E-state index in [4.69, 9.17) is 15.6 Å². The highest BCUT2D eigenvalue weighted by atomic mass is 16.3. The highest BCUT2D eigenvalue weighted by Crippen LogP contribution is 2.17. The van der Waals surface area contributed by atoms with Crippen molar-refractivity contribution in [3.8, 4) is 12.1 Å². The van der Waals surface area contributed by atoms with E-state index >= 15 is 0 Å². The van der Waals surface area contributed by atoms with Crippen LogP contribution in [0.5, 0.6) is 0 Å². The Morgan fingerprint density at radius 2 is 1.93 bits per heavy atom. The lowest BCUT2D eigenvalue weighted by Gasteiger charge is -2.07. The minimum absolute atomic E-state index is 0.0449. The van der Waals surface area contributed by atoms with E-state index in [1.54, 1.807) is 25.1 Å². The van der Waals surface area contributed by atoms with Crippen LogP contribution in [0.15, 0.2) is 18.2 Å². The zero-order valence-corrected chi connectivity index (χ0v) is 7.78. The Bertz CT molecular complexity index is 412. The highest BCUT2D eigenvalue weighted by molar-refractivity contribution is 5.49. The molecule has 1 aromatic rings. The third-order valence-corrected chi connectivity index (χ3v) is 1.99.